The molecule has 5 nitrogen and oxygen atoms in total. The third-order valence-corrected chi connectivity index (χ3v) is 3.92. The second-order valence-electron chi connectivity index (χ2n) is 5.49. The summed E-state index contributed by atoms with van der Waals surface area (Å²) in [5.41, 5.74) is 4.78. The summed E-state index contributed by atoms with van der Waals surface area (Å²) < 4.78 is 6.90. The maximum absolute atomic E-state index is 12.0. The molecule has 0 aliphatic heterocycles. The fraction of sp³-hybridized carbons (Fsp3) is 0.222. The smallest absolute Gasteiger partial charge is 0.254 e. The first-order chi connectivity index (χ1) is 11.1. The van der Waals surface area contributed by atoms with Crippen molar-refractivity contribution in [2.75, 3.05) is 0 Å². The van der Waals surface area contributed by atoms with Crippen LogP contribution in [0.25, 0.3) is 0 Å². The van der Waals surface area contributed by atoms with E-state index in [1.807, 2.05) is 36.7 Å². The molecule has 0 aliphatic rings. The Hall–Kier alpha value is -2.82. The van der Waals surface area contributed by atoms with Crippen LogP contribution in [0.2, 0.25) is 0 Å². The Kier molecular flexibility index (Phi) is 4.28. The minimum absolute atomic E-state index is 0.145. The Morgan fingerprint density at radius 2 is 2.00 bits per heavy atom. The van der Waals surface area contributed by atoms with Crippen molar-refractivity contribution < 1.29 is 9.21 Å². The average Bonchev–Trinajstić information content (AvgIpc) is 3.17. The van der Waals surface area contributed by atoms with Gasteiger partial charge in [0.1, 0.15) is 6.26 Å². The molecule has 3 aromatic rings. The van der Waals surface area contributed by atoms with Gasteiger partial charge in [0.05, 0.1) is 24.1 Å². The van der Waals surface area contributed by atoms with Gasteiger partial charge in [-0.1, -0.05) is 30.3 Å². The summed E-state index contributed by atoms with van der Waals surface area (Å²) in [5, 5.41) is 7.50. The van der Waals surface area contributed by atoms with Gasteiger partial charge in [0.2, 0.25) is 0 Å². The highest BCUT2D eigenvalue weighted by molar-refractivity contribution is 5.93. The second kappa shape index (κ2) is 6.52. The molecule has 2 aromatic heterocycles. The summed E-state index contributed by atoms with van der Waals surface area (Å²) >= 11 is 0. The van der Waals surface area contributed by atoms with E-state index >= 15 is 0 Å². The topological polar surface area (TPSA) is 60.1 Å². The van der Waals surface area contributed by atoms with Crippen molar-refractivity contribution in [2.24, 2.45) is 0 Å². The molecule has 23 heavy (non-hydrogen) atoms. The Bertz CT molecular complexity index is 789. The van der Waals surface area contributed by atoms with E-state index in [1.165, 1.54) is 18.1 Å². The van der Waals surface area contributed by atoms with Crippen LogP contribution < -0.4 is 5.32 Å². The lowest BCUT2D eigenvalue weighted by atomic mass is 10.2. The van der Waals surface area contributed by atoms with Crippen molar-refractivity contribution in [3.63, 3.8) is 0 Å². The van der Waals surface area contributed by atoms with Crippen LogP contribution in [0.3, 0.4) is 0 Å². The maximum atomic E-state index is 12.0. The fourth-order valence-electron chi connectivity index (χ4n) is 2.56. The molecular weight excluding hydrogens is 290 g/mol. The molecule has 0 unspecified atom stereocenters. The Balaban J connectivity index is 1.72. The van der Waals surface area contributed by atoms with Crippen LogP contribution in [0.4, 0.5) is 0 Å². The summed E-state index contributed by atoms with van der Waals surface area (Å²) in [7, 11) is 0. The minimum atomic E-state index is -0.145. The molecule has 2 heterocycles. The average molecular weight is 309 g/mol. The summed E-state index contributed by atoms with van der Waals surface area (Å²) in [5.74, 6) is -0.145. The van der Waals surface area contributed by atoms with Crippen LogP contribution in [-0.2, 0) is 13.1 Å². The van der Waals surface area contributed by atoms with Crippen LogP contribution >= 0.6 is 0 Å². The normalized spacial score (nSPS) is 10.7. The van der Waals surface area contributed by atoms with E-state index in [2.05, 4.69) is 22.5 Å². The highest BCUT2D eigenvalue weighted by atomic mass is 16.3. The van der Waals surface area contributed by atoms with E-state index in [9.17, 15) is 4.79 Å². The van der Waals surface area contributed by atoms with Gasteiger partial charge in [-0.3, -0.25) is 9.48 Å². The quantitative estimate of drug-likeness (QED) is 0.788. The maximum Gasteiger partial charge on any atom is 0.254 e. The van der Waals surface area contributed by atoms with Crippen molar-refractivity contribution in [3.05, 3.63) is 77.0 Å². The zero-order chi connectivity index (χ0) is 16.2. The summed E-state index contributed by atoms with van der Waals surface area (Å²) in [6, 6.07) is 11.9. The Morgan fingerprint density at radius 3 is 2.70 bits per heavy atom. The Labute approximate surface area is 134 Å². The van der Waals surface area contributed by atoms with E-state index in [0.717, 1.165) is 23.5 Å². The molecule has 0 radical (unpaired) electrons. The molecule has 0 saturated carbocycles. The van der Waals surface area contributed by atoms with Gasteiger partial charge in [-0.05, 0) is 25.5 Å². The molecule has 0 aliphatic carbocycles. The molecule has 0 bridgehead atoms. The van der Waals surface area contributed by atoms with Gasteiger partial charge in [-0.2, -0.15) is 5.10 Å². The lowest BCUT2D eigenvalue weighted by molar-refractivity contribution is 0.0950. The molecule has 1 N–H and O–H groups in total. The summed E-state index contributed by atoms with van der Waals surface area (Å²) in [6.07, 6.45) is 2.93. The van der Waals surface area contributed by atoms with Crippen LogP contribution in [0.15, 0.2) is 53.3 Å². The zero-order valence-corrected chi connectivity index (χ0v) is 13.2. The lowest BCUT2D eigenvalue weighted by Gasteiger charge is -2.07. The number of carbonyl (C=O) groups is 1. The Morgan fingerprint density at radius 1 is 1.22 bits per heavy atom. The molecule has 5 heteroatoms. The monoisotopic (exact) mass is 309 g/mol. The first-order valence-corrected chi connectivity index (χ1v) is 7.52. The number of nitrogens with zero attached hydrogens (tertiary/aromatic N) is 2. The zero-order valence-electron chi connectivity index (χ0n) is 13.2. The minimum Gasteiger partial charge on any atom is -0.472 e. The second-order valence-corrected chi connectivity index (χ2v) is 5.49. The SMILES string of the molecule is Cc1nn(Cc2ccccc2)c(C)c1CNC(=O)c1ccoc1. The van der Waals surface area contributed by atoms with Crippen LogP contribution in [0, 0.1) is 13.8 Å². The number of benzene rings is 1. The van der Waals surface area contributed by atoms with Gasteiger partial charge in [-0.25, -0.2) is 0 Å². The molecule has 0 spiro atoms. The van der Waals surface area contributed by atoms with E-state index in [0.29, 0.717) is 12.1 Å². The highest BCUT2D eigenvalue weighted by Crippen LogP contribution is 2.15. The van der Waals surface area contributed by atoms with Crippen LogP contribution in [0.1, 0.15) is 32.9 Å². The van der Waals surface area contributed by atoms with E-state index < -0.39 is 0 Å². The number of furan rings is 1. The number of nitrogens with one attached hydrogen (secondary N) is 1. The molecule has 1 aromatic carbocycles. The highest BCUT2D eigenvalue weighted by Gasteiger charge is 2.13. The van der Waals surface area contributed by atoms with Gasteiger partial charge in [0.15, 0.2) is 0 Å². The standard InChI is InChI=1S/C18H19N3O2/c1-13-17(10-19-18(22)16-8-9-23-12-16)14(2)21(20-13)11-15-6-4-3-5-7-15/h3-9,12H,10-11H2,1-2H3,(H,19,22). The molecule has 0 fully saturated rings. The van der Waals surface area contributed by atoms with Crippen molar-refractivity contribution in [3.8, 4) is 0 Å². The summed E-state index contributed by atoms with van der Waals surface area (Å²) in [4.78, 5) is 12.0. The summed E-state index contributed by atoms with van der Waals surface area (Å²) in [6.45, 7) is 5.18. The number of amides is 1. The van der Waals surface area contributed by atoms with Crippen LogP contribution in [-0.4, -0.2) is 15.7 Å². The largest absolute Gasteiger partial charge is 0.472 e. The molecule has 3 rings (SSSR count). The van der Waals surface area contributed by atoms with Crippen molar-refractivity contribution >= 4 is 5.91 Å². The van der Waals surface area contributed by atoms with E-state index in [-0.39, 0.29) is 5.91 Å². The van der Waals surface area contributed by atoms with Crippen LogP contribution in [0.5, 0.6) is 0 Å². The van der Waals surface area contributed by atoms with Gasteiger partial charge < -0.3 is 9.73 Å². The van der Waals surface area contributed by atoms with Crippen molar-refractivity contribution in [1.29, 1.82) is 0 Å². The predicted octanol–water partition coefficient (Wildman–Crippen LogP) is 3.07. The van der Waals surface area contributed by atoms with Gasteiger partial charge in [0.25, 0.3) is 5.91 Å². The predicted molar refractivity (Wildman–Crippen MR) is 87.1 cm³/mol. The first kappa shape index (κ1) is 15.1. The first-order valence-electron chi connectivity index (χ1n) is 7.52. The molecular formula is C18H19N3O2. The third-order valence-electron chi connectivity index (χ3n) is 3.92. The van der Waals surface area contributed by atoms with Crippen molar-refractivity contribution in [1.82, 2.24) is 15.1 Å². The molecule has 1 amide bonds. The van der Waals surface area contributed by atoms with Gasteiger partial charge in [0, 0.05) is 17.8 Å². The molecule has 0 saturated heterocycles. The number of hydrogen-bond donors (Lipinski definition) is 1. The number of aromatic nitrogens is 2. The van der Waals surface area contributed by atoms with E-state index in [4.69, 9.17) is 4.42 Å². The third kappa shape index (κ3) is 3.34. The van der Waals surface area contributed by atoms with Gasteiger partial charge in [-0.15, -0.1) is 0 Å². The number of rotatable bonds is 5. The number of aryl methyl sites for hydroxylation is 1. The fourth-order valence-corrected chi connectivity index (χ4v) is 2.56. The lowest BCUT2D eigenvalue weighted by Crippen LogP contribution is -2.22. The van der Waals surface area contributed by atoms with Crippen molar-refractivity contribution in [2.45, 2.75) is 26.9 Å². The van der Waals surface area contributed by atoms with E-state index in [1.54, 1.807) is 6.07 Å². The number of hydrogen-bond acceptors (Lipinski definition) is 3. The molecule has 0 atom stereocenters. The van der Waals surface area contributed by atoms with Gasteiger partial charge >= 0.3 is 0 Å². The number of carbonyl (C=O) groups excluding carboxylic acids is 1. The molecule has 118 valence electrons.